The molecule has 0 spiro atoms. The molecule has 4 aromatic rings. The number of hydrogen-bond acceptors (Lipinski definition) is 9. The lowest BCUT2D eigenvalue weighted by atomic mass is 9.82. The molecule has 2 heterocycles. The quantitative estimate of drug-likeness (QED) is 0.192. The maximum absolute atomic E-state index is 13.7. The van der Waals surface area contributed by atoms with Crippen LogP contribution in [0.1, 0.15) is 35.7 Å². The number of carbonyl (C=O) groups is 3. The van der Waals surface area contributed by atoms with Crippen molar-refractivity contribution in [2.24, 2.45) is 0 Å². The fourth-order valence-electron chi connectivity index (χ4n) is 4.63. The first-order valence-corrected chi connectivity index (χ1v) is 15.2. The van der Waals surface area contributed by atoms with Crippen molar-refractivity contribution in [2.45, 2.75) is 19.8 Å². The molecule has 5 rings (SSSR count). The number of esters is 1. The maximum Gasteiger partial charge on any atom is 0.338 e. The predicted molar refractivity (Wildman–Crippen MR) is 169 cm³/mol. The lowest BCUT2D eigenvalue weighted by molar-refractivity contribution is -0.114. The Kier molecular flexibility index (Phi) is 9.20. The number of allylic oxidation sites excluding steroid dienone is 2. The number of dihydropyridines is 1. The smallest absolute Gasteiger partial charge is 0.338 e. The molecule has 1 aromatic heterocycles. The molecule has 43 heavy (non-hydrogen) atoms. The Labute approximate surface area is 256 Å². The van der Waals surface area contributed by atoms with Crippen LogP contribution >= 0.6 is 23.1 Å². The van der Waals surface area contributed by atoms with Crippen LogP contribution in [0.4, 0.5) is 10.8 Å². The Bertz CT molecular complexity index is 1760. The van der Waals surface area contributed by atoms with Gasteiger partial charge in [0.05, 0.1) is 50.7 Å². The fraction of sp³-hybridized carbons (Fsp3) is 0.156. The van der Waals surface area contributed by atoms with Crippen molar-refractivity contribution in [3.05, 3.63) is 112 Å². The lowest BCUT2D eigenvalue weighted by Gasteiger charge is -2.29. The highest BCUT2D eigenvalue weighted by molar-refractivity contribution is 8.03. The van der Waals surface area contributed by atoms with Gasteiger partial charge in [-0.25, -0.2) is 9.78 Å². The number of benzene rings is 3. The third-order valence-electron chi connectivity index (χ3n) is 6.57. The van der Waals surface area contributed by atoms with Crippen LogP contribution in [0.2, 0.25) is 0 Å². The first-order valence-electron chi connectivity index (χ1n) is 13.4. The van der Waals surface area contributed by atoms with Crippen molar-refractivity contribution in [3.8, 4) is 6.07 Å². The highest BCUT2D eigenvalue weighted by atomic mass is 32.2. The summed E-state index contributed by atoms with van der Waals surface area (Å²) in [4.78, 5) is 43.0. The van der Waals surface area contributed by atoms with Crippen molar-refractivity contribution in [2.75, 3.05) is 23.0 Å². The molecule has 1 aliphatic rings. The van der Waals surface area contributed by atoms with Crippen LogP contribution in [0.15, 0.2) is 101 Å². The number of fused-ring (bicyclic) bond motifs is 1. The number of anilines is 2. The summed E-state index contributed by atoms with van der Waals surface area (Å²) in [6.07, 6.45) is 0. The van der Waals surface area contributed by atoms with E-state index in [4.69, 9.17) is 4.74 Å². The van der Waals surface area contributed by atoms with Crippen molar-refractivity contribution >= 4 is 61.9 Å². The molecule has 0 bridgehead atoms. The highest BCUT2D eigenvalue weighted by Crippen LogP contribution is 2.41. The molecule has 9 nitrogen and oxygen atoms in total. The molecule has 0 saturated carbocycles. The number of thiazole rings is 1. The zero-order chi connectivity index (χ0) is 30.3. The number of carbonyl (C=O) groups excluding carboxylic acids is 3. The van der Waals surface area contributed by atoms with Gasteiger partial charge in [-0.3, -0.25) is 9.59 Å². The molecule has 216 valence electrons. The molecule has 0 aliphatic carbocycles. The summed E-state index contributed by atoms with van der Waals surface area (Å²) in [5.41, 5.74) is 3.70. The van der Waals surface area contributed by atoms with E-state index in [0.29, 0.717) is 38.3 Å². The average molecular weight is 610 g/mol. The number of hydrogen-bond donors (Lipinski definition) is 3. The van der Waals surface area contributed by atoms with E-state index in [2.05, 4.69) is 27.0 Å². The van der Waals surface area contributed by atoms with Gasteiger partial charge in [-0.15, -0.1) is 0 Å². The maximum atomic E-state index is 13.7. The number of amides is 2. The van der Waals surface area contributed by atoms with Crippen LogP contribution in [-0.2, 0) is 14.3 Å². The lowest BCUT2D eigenvalue weighted by Crippen LogP contribution is -2.31. The first-order chi connectivity index (χ1) is 20.9. The topological polar surface area (TPSA) is 133 Å². The Morgan fingerprint density at radius 1 is 1.02 bits per heavy atom. The van der Waals surface area contributed by atoms with E-state index in [0.717, 1.165) is 15.8 Å². The summed E-state index contributed by atoms with van der Waals surface area (Å²) >= 11 is 2.58. The zero-order valence-electron chi connectivity index (χ0n) is 23.3. The van der Waals surface area contributed by atoms with Crippen molar-refractivity contribution in [1.82, 2.24) is 10.3 Å². The summed E-state index contributed by atoms with van der Waals surface area (Å²) in [6, 6.07) is 25.6. The Balaban J connectivity index is 1.36. The number of nitrogens with one attached hydrogen (secondary N) is 3. The van der Waals surface area contributed by atoms with Gasteiger partial charge in [0.25, 0.3) is 5.91 Å². The number of nitriles is 1. The summed E-state index contributed by atoms with van der Waals surface area (Å²) in [5.74, 6) is -1.73. The predicted octanol–water partition coefficient (Wildman–Crippen LogP) is 6.18. The minimum Gasteiger partial charge on any atom is -0.462 e. The van der Waals surface area contributed by atoms with E-state index in [1.54, 1.807) is 38.1 Å². The van der Waals surface area contributed by atoms with Crippen molar-refractivity contribution < 1.29 is 19.1 Å². The van der Waals surface area contributed by atoms with Gasteiger partial charge in [-0.05, 0) is 55.8 Å². The number of ether oxygens (including phenoxy) is 1. The monoisotopic (exact) mass is 609 g/mol. The van der Waals surface area contributed by atoms with Crippen LogP contribution in [0, 0.1) is 11.3 Å². The molecule has 1 atom stereocenters. The fourth-order valence-corrected chi connectivity index (χ4v) is 6.40. The van der Waals surface area contributed by atoms with Crippen LogP contribution in [0.5, 0.6) is 0 Å². The van der Waals surface area contributed by atoms with E-state index in [-0.39, 0.29) is 18.3 Å². The molecule has 3 N–H and O–H groups in total. The summed E-state index contributed by atoms with van der Waals surface area (Å²) in [5, 5.41) is 20.2. The molecule has 3 aromatic carbocycles. The SMILES string of the molecule is CCOC(=O)c1ccc(NC(=O)C2=C(C)NC(SCC(=O)Nc3nc4ccccc4s3)=C(C#N)[C@H]2c2ccccc2)cc1. The van der Waals surface area contributed by atoms with E-state index < -0.39 is 17.8 Å². The number of rotatable bonds is 9. The zero-order valence-corrected chi connectivity index (χ0v) is 25.0. The van der Waals surface area contributed by atoms with Crippen LogP contribution in [-0.4, -0.2) is 35.1 Å². The largest absolute Gasteiger partial charge is 0.462 e. The second-order valence-electron chi connectivity index (χ2n) is 9.44. The average Bonchev–Trinajstić information content (AvgIpc) is 3.42. The van der Waals surface area contributed by atoms with Crippen molar-refractivity contribution in [1.29, 1.82) is 5.26 Å². The van der Waals surface area contributed by atoms with Gasteiger partial charge < -0.3 is 20.7 Å². The number of thioether (sulfide) groups is 1. The van der Waals surface area contributed by atoms with Gasteiger partial charge >= 0.3 is 5.97 Å². The third-order valence-corrected chi connectivity index (χ3v) is 8.54. The van der Waals surface area contributed by atoms with Gasteiger partial charge in [-0.1, -0.05) is 65.6 Å². The summed E-state index contributed by atoms with van der Waals surface area (Å²) in [7, 11) is 0. The third kappa shape index (κ3) is 6.77. The summed E-state index contributed by atoms with van der Waals surface area (Å²) < 4.78 is 6.00. The standard InChI is InChI=1S/C32H27N5O4S2/c1-3-41-31(40)21-13-15-22(16-14-21)35-29(39)27-19(2)34-30(23(17-33)28(27)20-9-5-4-6-10-20)42-18-26(38)37-32-36-24-11-7-8-12-25(24)43-32/h4-16,28,34H,3,18H2,1-2H3,(H,35,39)(H,36,37,38)/t28-/m1/s1. The van der Waals surface area contributed by atoms with Gasteiger partial charge in [0.1, 0.15) is 0 Å². The number of nitrogens with zero attached hydrogens (tertiary/aromatic N) is 2. The van der Waals surface area contributed by atoms with Gasteiger partial charge in [-0.2, -0.15) is 5.26 Å². The molecule has 1 aliphatic heterocycles. The number of aromatic nitrogens is 1. The van der Waals surface area contributed by atoms with E-state index >= 15 is 0 Å². The molecule has 0 radical (unpaired) electrons. The molecule has 2 amide bonds. The Morgan fingerprint density at radius 3 is 2.44 bits per heavy atom. The van der Waals surface area contributed by atoms with Crippen LogP contribution < -0.4 is 16.0 Å². The second-order valence-corrected chi connectivity index (χ2v) is 11.5. The van der Waals surface area contributed by atoms with Gasteiger partial charge in [0.2, 0.25) is 5.91 Å². The number of para-hydroxylation sites is 1. The molecular formula is C32H27N5O4S2. The molecular weight excluding hydrogens is 583 g/mol. The summed E-state index contributed by atoms with van der Waals surface area (Å²) in [6.45, 7) is 3.77. The van der Waals surface area contributed by atoms with Crippen LogP contribution in [0.25, 0.3) is 10.2 Å². The van der Waals surface area contributed by atoms with E-state index in [9.17, 15) is 19.6 Å². The molecule has 11 heteroatoms. The minimum absolute atomic E-state index is 0.0343. The van der Waals surface area contributed by atoms with E-state index in [1.807, 2.05) is 54.6 Å². The molecule has 0 saturated heterocycles. The normalized spacial score (nSPS) is 14.6. The van der Waals surface area contributed by atoms with Crippen LogP contribution in [0.3, 0.4) is 0 Å². The van der Waals surface area contributed by atoms with E-state index in [1.165, 1.54) is 23.1 Å². The Hall–Kier alpha value is -4.92. The van der Waals surface area contributed by atoms with Gasteiger partial charge in [0, 0.05) is 17.0 Å². The highest BCUT2D eigenvalue weighted by Gasteiger charge is 2.35. The van der Waals surface area contributed by atoms with Crippen molar-refractivity contribution in [3.63, 3.8) is 0 Å². The molecule has 0 fully saturated rings. The Morgan fingerprint density at radius 2 is 1.74 bits per heavy atom. The van der Waals surface area contributed by atoms with Gasteiger partial charge in [0.15, 0.2) is 5.13 Å². The molecule has 0 unspecified atom stereocenters. The second kappa shape index (κ2) is 13.4. The minimum atomic E-state index is -0.666. The first kappa shape index (κ1) is 29.6.